The van der Waals surface area contributed by atoms with E-state index >= 15 is 0 Å². The van der Waals surface area contributed by atoms with Gasteiger partial charge in [0.25, 0.3) is 0 Å². The average Bonchev–Trinajstić information content (AvgIpc) is 2.60. The zero-order valence-corrected chi connectivity index (χ0v) is 8.35. The Morgan fingerprint density at radius 2 is 2.38 bits per heavy atom. The van der Waals surface area contributed by atoms with Gasteiger partial charge in [0.15, 0.2) is 0 Å². The molecule has 1 atom stereocenters. The SMILES string of the molecule is CCC(C)c1n[nH]c2c1CNCC2. The van der Waals surface area contributed by atoms with Crippen LogP contribution in [0.3, 0.4) is 0 Å². The van der Waals surface area contributed by atoms with Gasteiger partial charge in [-0.25, -0.2) is 0 Å². The Balaban J connectivity index is 2.31. The number of nitrogens with zero attached hydrogens (tertiary/aromatic N) is 1. The third kappa shape index (κ3) is 1.48. The van der Waals surface area contributed by atoms with Crippen molar-refractivity contribution in [3.05, 3.63) is 17.0 Å². The molecule has 0 radical (unpaired) electrons. The quantitative estimate of drug-likeness (QED) is 0.723. The number of aromatic amines is 1. The molecule has 0 saturated carbocycles. The third-order valence-electron chi connectivity index (χ3n) is 2.92. The first-order chi connectivity index (χ1) is 6.33. The molecule has 2 rings (SSSR count). The largest absolute Gasteiger partial charge is 0.312 e. The molecule has 0 aliphatic carbocycles. The summed E-state index contributed by atoms with van der Waals surface area (Å²) < 4.78 is 0. The van der Waals surface area contributed by atoms with Crippen LogP contribution in [0.25, 0.3) is 0 Å². The van der Waals surface area contributed by atoms with Crippen molar-refractivity contribution in [3.8, 4) is 0 Å². The van der Waals surface area contributed by atoms with Gasteiger partial charge < -0.3 is 5.32 Å². The maximum atomic E-state index is 4.40. The number of nitrogens with one attached hydrogen (secondary N) is 2. The fourth-order valence-electron chi connectivity index (χ4n) is 1.85. The number of aromatic nitrogens is 2. The van der Waals surface area contributed by atoms with E-state index in [2.05, 4.69) is 29.4 Å². The first-order valence-corrected chi connectivity index (χ1v) is 5.09. The Morgan fingerprint density at radius 3 is 3.15 bits per heavy atom. The van der Waals surface area contributed by atoms with Crippen LogP contribution in [-0.2, 0) is 13.0 Å². The first kappa shape index (κ1) is 8.75. The van der Waals surface area contributed by atoms with Crippen LogP contribution in [0.2, 0.25) is 0 Å². The van der Waals surface area contributed by atoms with Crippen LogP contribution in [0, 0.1) is 0 Å². The van der Waals surface area contributed by atoms with Crippen LogP contribution in [-0.4, -0.2) is 16.7 Å². The Labute approximate surface area is 78.9 Å². The molecule has 1 unspecified atom stereocenters. The normalized spacial score (nSPS) is 18.3. The summed E-state index contributed by atoms with van der Waals surface area (Å²) in [6.07, 6.45) is 2.26. The molecule has 1 aliphatic heterocycles. The van der Waals surface area contributed by atoms with Gasteiger partial charge in [-0.15, -0.1) is 0 Å². The fourth-order valence-corrected chi connectivity index (χ4v) is 1.85. The number of rotatable bonds is 2. The molecule has 3 heteroatoms. The minimum absolute atomic E-state index is 0.583. The average molecular weight is 179 g/mol. The van der Waals surface area contributed by atoms with E-state index in [0.717, 1.165) is 25.9 Å². The van der Waals surface area contributed by atoms with Crippen LogP contribution in [0.1, 0.15) is 43.1 Å². The molecule has 2 heterocycles. The van der Waals surface area contributed by atoms with E-state index in [1.54, 1.807) is 0 Å². The number of hydrogen-bond donors (Lipinski definition) is 2. The topological polar surface area (TPSA) is 40.7 Å². The van der Waals surface area contributed by atoms with Crippen molar-refractivity contribution >= 4 is 0 Å². The van der Waals surface area contributed by atoms with Crippen molar-refractivity contribution in [2.75, 3.05) is 6.54 Å². The highest BCUT2D eigenvalue weighted by molar-refractivity contribution is 5.29. The molecule has 0 spiro atoms. The van der Waals surface area contributed by atoms with E-state index in [-0.39, 0.29) is 0 Å². The van der Waals surface area contributed by atoms with Gasteiger partial charge in [0.1, 0.15) is 0 Å². The smallest absolute Gasteiger partial charge is 0.0697 e. The van der Waals surface area contributed by atoms with Gasteiger partial charge in [0.2, 0.25) is 0 Å². The van der Waals surface area contributed by atoms with Crippen LogP contribution >= 0.6 is 0 Å². The predicted molar refractivity (Wildman–Crippen MR) is 52.7 cm³/mol. The van der Waals surface area contributed by atoms with Gasteiger partial charge in [0.05, 0.1) is 5.69 Å². The lowest BCUT2D eigenvalue weighted by molar-refractivity contribution is 0.623. The van der Waals surface area contributed by atoms with Crippen molar-refractivity contribution in [1.82, 2.24) is 15.5 Å². The monoisotopic (exact) mass is 179 g/mol. The van der Waals surface area contributed by atoms with E-state index in [9.17, 15) is 0 Å². The van der Waals surface area contributed by atoms with Crippen molar-refractivity contribution in [2.45, 2.75) is 39.2 Å². The van der Waals surface area contributed by atoms with Crippen LogP contribution in [0.4, 0.5) is 0 Å². The molecule has 2 N–H and O–H groups in total. The molecule has 13 heavy (non-hydrogen) atoms. The van der Waals surface area contributed by atoms with Crippen LogP contribution in [0.15, 0.2) is 0 Å². The Morgan fingerprint density at radius 1 is 1.54 bits per heavy atom. The van der Waals surface area contributed by atoms with Gasteiger partial charge in [-0.05, 0) is 6.42 Å². The van der Waals surface area contributed by atoms with Crippen LogP contribution in [0.5, 0.6) is 0 Å². The van der Waals surface area contributed by atoms with Gasteiger partial charge in [-0.3, -0.25) is 5.10 Å². The van der Waals surface area contributed by atoms with E-state index < -0.39 is 0 Å². The fraction of sp³-hybridized carbons (Fsp3) is 0.700. The van der Waals surface area contributed by atoms with Crippen molar-refractivity contribution in [3.63, 3.8) is 0 Å². The summed E-state index contributed by atoms with van der Waals surface area (Å²) in [5, 5.41) is 10.9. The summed E-state index contributed by atoms with van der Waals surface area (Å²) in [7, 11) is 0. The number of H-pyrrole nitrogens is 1. The molecule has 0 amide bonds. The summed E-state index contributed by atoms with van der Waals surface area (Å²) in [6, 6.07) is 0. The van der Waals surface area contributed by atoms with Crippen molar-refractivity contribution in [2.24, 2.45) is 0 Å². The van der Waals surface area contributed by atoms with Gasteiger partial charge in [-0.2, -0.15) is 5.10 Å². The molecule has 0 saturated heterocycles. The maximum absolute atomic E-state index is 4.40. The molecule has 1 aromatic rings. The second-order valence-corrected chi connectivity index (χ2v) is 3.80. The van der Waals surface area contributed by atoms with Crippen molar-refractivity contribution in [1.29, 1.82) is 0 Å². The van der Waals surface area contributed by atoms with Crippen molar-refractivity contribution < 1.29 is 0 Å². The lowest BCUT2D eigenvalue weighted by atomic mass is 9.97. The summed E-state index contributed by atoms with van der Waals surface area (Å²) in [5.41, 5.74) is 4.03. The molecule has 1 aromatic heterocycles. The van der Waals surface area contributed by atoms with Gasteiger partial charge in [-0.1, -0.05) is 13.8 Å². The standard InChI is InChI=1S/C10H17N3/c1-3-7(2)10-8-6-11-5-4-9(8)12-13-10/h7,11H,3-6H2,1-2H3,(H,12,13). The lowest BCUT2D eigenvalue weighted by Gasteiger charge is -2.14. The zero-order valence-electron chi connectivity index (χ0n) is 8.35. The lowest BCUT2D eigenvalue weighted by Crippen LogP contribution is -2.23. The van der Waals surface area contributed by atoms with Gasteiger partial charge in [0, 0.05) is 36.7 Å². The molecule has 0 fully saturated rings. The number of hydrogen-bond acceptors (Lipinski definition) is 2. The summed E-state index contributed by atoms with van der Waals surface area (Å²) in [5.74, 6) is 0.583. The minimum atomic E-state index is 0.583. The van der Waals surface area contributed by atoms with E-state index in [1.807, 2.05) is 0 Å². The molecular weight excluding hydrogens is 162 g/mol. The molecule has 1 aliphatic rings. The first-order valence-electron chi connectivity index (χ1n) is 5.09. The summed E-state index contributed by atoms with van der Waals surface area (Å²) in [6.45, 7) is 6.52. The van der Waals surface area contributed by atoms with E-state index in [1.165, 1.54) is 17.0 Å². The highest BCUT2D eigenvalue weighted by Crippen LogP contribution is 2.24. The summed E-state index contributed by atoms with van der Waals surface area (Å²) in [4.78, 5) is 0. The van der Waals surface area contributed by atoms with E-state index in [4.69, 9.17) is 0 Å². The summed E-state index contributed by atoms with van der Waals surface area (Å²) >= 11 is 0. The zero-order chi connectivity index (χ0) is 9.26. The van der Waals surface area contributed by atoms with Gasteiger partial charge >= 0.3 is 0 Å². The highest BCUT2D eigenvalue weighted by Gasteiger charge is 2.19. The highest BCUT2D eigenvalue weighted by atomic mass is 15.1. The Hall–Kier alpha value is -0.830. The Kier molecular flexibility index (Phi) is 2.36. The second-order valence-electron chi connectivity index (χ2n) is 3.80. The molecular formula is C10H17N3. The third-order valence-corrected chi connectivity index (χ3v) is 2.92. The molecule has 0 aromatic carbocycles. The molecule has 72 valence electrons. The molecule has 3 nitrogen and oxygen atoms in total. The predicted octanol–water partition coefficient (Wildman–Crippen LogP) is 1.57. The second kappa shape index (κ2) is 3.50. The Bertz CT molecular complexity index is 290. The van der Waals surface area contributed by atoms with E-state index in [0.29, 0.717) is 5.92 Å². The maximum Gasteiger partial charge on any atom is 0.0697 e. The minimum Gasteiger partial charge on any atom is -0.312 e. The van der Waals surface area contributed by atoms with Crippen LogP contribution < -0.4 is 5.32 Å². The number of fused-ring (bicyclic) bond motifs is 1. The molecule has 0 bridgehead atoms.